The first kappa shape index (κ1) is 14.2. The van der Waals surface area contributed by atoms with Gasteiger partial charge in [0.05, 0.1) is 5.69 Å². The van der Waals surface area contributed by atoms with Crippen molar-refractivity contribution in [2.45, 2.75) is 24.0 Å². The highest BCUT2D eigenvalue weighted by Crippen LogP contribution is 2.26. The number of nitrogens with zero attached hydrogens (tertiary/aromatic N) is 6. The van der Waals surface area contributed by atoms with E-state index in [9.17, 15) is 0 Å². The van der Waals surface area contributed by atoms with Crippen LogP contribution in [0.2, 0.25) is 0 Å². The minimum absolute atomic E-state index is 0.371. The number of rotatable bonds is 3. The van der Waals surface area contributed by atoms with Gasteiger partial charge in [0.15, 0.2) is 0 Å². The van der Waals surface area contributed by atoms with Crippen molar-refractivity contribution in [3.05, 3.63) is 53.2 Å². The number of aromatic nitrogens is 5. The van der Waals surface area contributed by atoms with Crippen LogP contribution in [0.15, 0.2) is 46.6 Å². The Hall–Kier alpha value is -2.72. The standard InChI is InChI=1S/C15H12N6S/c1-10-6-7-13(8-11(10)2)21-15(18-19-20-21)22-14-5-3-4-12(9-16)17-14/h3-8H,1-2H3. The minimum atomic E-state index is 0.371. The fourth-order valence-electron chi connectivity index (χ4n) is 1.89. The SMILES string of the molecule is Cc1ccc(-n2nnnc2Sc2cccc(C#N)n2)cc1C. The van der Waals surface area contributed by atoms with E-state index in [1.54, 1.807) is 16.8 Å². The van der Waals surface area contributed by atoms with Crippen LogP contribution in [-0.2, 0) is 0 Å². The van der Waals surface area contributed by atoms with Crippen molar-refractivity contribution in [3.63, 3.8) is 0 Å². The van der Waals surface area contributed by atoms with Gasteiger partial charge in [0.2, 0.25) is 5.16 Å². The lowest BCUT2D eigenvalue weighted by molar-refractivity contribution is 0.755. The van der Waals surface area contributed by atoms with Crippen molar-refractivity contribution in [2.75, 3.05) is 0 Å². The van der Waals surface area contributed by atoms with Crippen LogP contribution in [0.4, 0.5) is 0 Å². The van der Waals surface area contributed by atoms with Crippen LogP contribution in [0.5, 0.6) is 0 Å². The summed E-state index contributed by atoms with van der Waals surface area (Å²) in [7, 11) is 0. The second-order valence-electron chi connectivity index (χ2n) is 4.72. The molecule has 0 unspecified atom stereocenters. The van der Waals surface area contributed by atoms with Crippen molar-refractivity contribution in [2.24, 2.45) is 0 Å². The first-order valence-electron chi connectivity index (χ1n) is 6.58. The van der Waals surface area contributed by atoms with Gasteiger partial charge in [-0.2, -0.15) is 9.94 Å². The molecule has 2 aromatic heterocycles. The van der Waals surface area contributed by atoms with E-state index in [-0.39, 0.29) is 0 Å². The third-order valence-electron chi connectivity index (χ3n) is 3.21. The largest absolute Gasteiger partial charge is 0.230 e. The maximum absolute atomic E-state index is 8.91. The van der Waals surface area contributed by atoms with Gasteiger partial charge in [-0.15, -0.1) is 5.10 Å². The molecule has 1 aromatic carbocycles. The Morgan fingerprint density at radius 1 is 1.14 bits per heavy atom. The molecule has 7 heteroatoms. The van der Waals surface area contributed by atoms with Gasteiger partial charge in [-0.3, -0.25) is 0 Å². The third kappa shape index (κ3) is 2.82. The Morgan fingerprint density at radius 2 is 2.00 bits per heavy atom. The highest BCUT2D eigenvalue weighted by molar-refractivity contribution is 7.99. The average molecular weight is 308 g/mol. The lowest BCUT2D eigenvalue weighted by atomic mass is 10.1. The van der Waals surface area contributed by atoms with Crippen molar-refractivity contribution in [1.82, 2.24) is 25.2 Å². The molecule has 0 spiro atoms. The lowest BCUT2D eigenvalue weighted by Gasteiger charge is -2.06. The highest BCUT2D eigenvalue weighted by atomic mass is 32.2. The molecule has 0 atom stereocenters. The molecule has 0 bridgehead atoms. The third-order valence-corrected chi connectivity index (χ3v) is 4.08. The summed E-state index contributed by atoms with van der Waals surface area (Å²) < 4.78 is 1.66. The predicted molar refractivity (Wildman–Crippen MR) is 81.7 cm³/mol. The van der Waals surface area contributed by atoms with Crippen LogP contribution in [0.1, 0.15) is 16.8 Å². The highest BCUT2D eigenvalue weighted by Gasteiger charge is 2.11. The molecule has 0 amide bonds. The predicted octanol–water partition coefficient (Wildman–Crippen LogP) is 2.70. The van der Waals surface area contributed by atoms with Gasteiger partial charge >= 0.3 is 0 Å². The molecule has 0 aliphatic heterocycles. The van der Waals surface area contributed by atoms with Gasteiger partial charge in [-0.25, -0.2) is 4.98 Å². The molecule has 3 aromatic rings. The van der Waals surface area contributed by atoms with Gasteiger partial charge in [0.1, 0.15) is 16.8 Å². The zero-order valence-electron chi connectivity index (χ0n) is 12.1. The fourth-order valence-corrected chi connectivity index (χ4v) is 2.67. The smallest absolute Gasteiger partial charge is 0.220 e. The van der Waals surface area contributed by atoms with Gasteiger partial charge in [-0.05, 0) is 71.4 Å². The van der Waals surface area contributed by atoms with E-state index in [0.717, 1.165) is 5.69 Å². The Labute approximate surface area is 131 Å². The minimum Gasteiger partial charge on any atom is -0.230 e. The Balaban J connectivity index is 1.95. The van der Waals surface area contributed by atoms with Crippen LogP contribution in [0.25, 0.3) is 5.69 Å². The zero-order valence-corrected chi connectivity index (χ0v) is 12.9. The van der Waals surface area contributed by atoms with E-state index in [1.807, 2.05) is 37.3 Å². The Bertz CT molecular complexity index is 864. The lowest BCUT2D eigenvalue weighted by Crippen LogP contribution is -2.00. The van der Waals surface area contributed by atoms with E-state index in [4.69, 9.17) is 5.26 Å². The van der Waals surface area contributed by atoms with Crippen molar-refractivity contribution in [1.29, 1.82) is 5.26 Å². The summed E-state index contributed by atoms with van der Waals surface area (Å²) in [6.45, 7) is 4.11. The normalized spacial score (nSPS) is 10.4. The van der Waals surface area contributed by atoms with Crippen molar-refractivity contribution >= 4 is 11.8 Å². The zero-order chi connectivity index (χ0) is 15.5. The van der Waals surface area contributed by atoms with E-state index in [2.05, 4.69) is 27.4 Å². The molecule has 3 rings (SSSR count). The molecule has 6 nitrogen and oxygen atoms in total. The van der Waals surface area contributed by atoms with E-state index < -0.39 is 0 Å². The van der Waals surface area contributed by atoms with E-state index in [1.165, 1.54) is 22.9 Å². The number of benzene rings is 1. The number of nitriles is 1. The number of tetrazole rings is 1. The number of hydrogen-bond acceptors (Lipinski definition) is 6. The van der Waals surface area contributed by atoms with E-state index >= 15 is 0 Å². The molecular formula is C15H12N6S. The maximum atomic E-state index is 8.91. The van der Waals surface area contributed by atoms with Crippen LogP contribution < -0.4 is 0 Å². The number of hydrogen-bond donors (Lipinski definition) is 0. The fraction of sp³-hybridized carbons (Fsp3) is 0.133. The van der Waals surface area contributed by atoms with Crippen LogP contribution in [0.3, 0.4) is 0 Å². The van der Waals surface area contributed by atoms with Gasteiger partial charge < -0.3 is 0 Å². The van der Waals surface area contributed by atoms with Gasteiger partial charge in [0.25, 0.3) is 0 Å². The van der Waals surface area contributed by atoms with Gasteiger partial charge in [0, 0.05) is 0 Å². The quantitative estimate of drug-likeness (QED) is 0.740. The molecule has 0 saturated carbocycles. The van der Waals surface area contributed by atoms with Crippen molar-refractivity contribution in [3.8, 4) is 11.8 Å². The first-order chi connectivity index (χ1) is 10.7. The topological polar surface area (TPSA) is 80.3 Å². The van der Waals surface area contributed by atoms with Crippen LogP contribution >= 0.6 is 11.8 Å². The number of aryl methyl sites for hydroxylation is 2. The summed E-state index contributed by atoms with van der Waals surface area (Å²) >= 11 is 1.32. The van der Waals surface area contributed by atoms with E-state index in [0.29, 0.717) is 15.9 Å². The second kappa shape index (κ2) is 5.95. The summed E-state index contributed by atoms with van der Waals surface area (Å²) in [6.07, 6.45) is 0. The van der Waals surface area contributed by atoms with Gasteiger partial charge in [-0.1, -0.05) is 12.1 Å². The summed E-state index contributed by atoms with van der Waals surface area (Å²) in [5.74, 6) is 0. The summed E-state index contributed by atoms with van der Waals surface area (Å²) in [6, 6.07) is 13.3. The molecule has 0 saturated heterocycles. The van der Waals surface area contributed by atoms with Crippen molar-refractivity contribution < 1.29 is 0 Å². The average Bonchev–Trinajstić information content (AvgIpc) is 2.98. The molecule has 22 heavy (non-hydrogen) atoms. The molecule has 0 aliphatic carbocycles. The summed E-state index contributed by atoms with van der Waals surface area (Å²) in [4.78, 5) is 4.23. The molecule has 108 valence electrons. The number of pyridine rings is 1. The molecule has 2 heterocycles. The van der Waals surface area contributed by atoms with Crippen LogP contribution in [0, 0.1) is 25.2 Å². The molecule has 0 fully saturated rings. The Morgan fingerprint density at radius 3 is 2.77 bits per heavy atom. The Kier molecular flexibility index (Phi) is 3.85. The summed E-state index contributed by atoms with van der Waals surface area (Å²) in [5, 5.41) is 22.0. The molecule has 0 N–H and O–H groups in total. The molecule has 0 radical (unpaired) electrons. The molecular weight excluding hydrogens is 296 g/mol. The first-order valence-corrected chi connectivity index (χ1v) is 7.40. The maximum Gasteiger partial charge on any atom is 0.220 e. The molecule has 0 aliphatic rings. The second-order valence-corrected chi connectivity index (χ2v) is 5.70. The monoisotopic (exact) mass is 308 g/mol. The van der Waals surface area contributed by atoms with Crippen LogP contribution in [-0.4, -0.2) is 25.2 Å². The summed E-state index contributed by atoms with van der Waals surface area (Å²) in [5.41, 5.74) is 3.66.